The topological polar surface area (TPSA) is 86.8 Å². The third-order valence-corrected chi connectivity index (χ3v) is 9.49. The van der Waals surface area contributed by atoms with Crippen molar-refractivity contribution in [2.75, 3.05) is 17.9 Å². The summed E-state index contributed by atoms with van der Waals surface area (Å²) in [5.74, 6) is -0.876. The van der Waals surface area contributed by atoms with Gasteiger partial charge in [0.1, 0.15) is 12.6 Å². The van der Waals surface area contributed by atoms with Gasteiger partial charge in [-0.2, -0.15) is 0 Å². The lowest BCUT2D eigenvalue weighted by atomic mass is 10.0. The van der Waals surface area contributed by atoms with E-state index in [2.05, 4.69) is 5.32 Å². The molecule has 1 N–H and O–H groups in total. The Morgan fingerprint density at radius 3 is 2.07 bits per heavy atom. The van der Waals surface area contributed by atoms with E-state index < -0.39 is 28.5 Å². The van der Waals surface area contributed by atoms with Crippen LogP contribution in [0.4, 0.5) is 5.69 Å². The zero-order valence-corrected chi connectivity index (χ0v) is 26.3. The van der Waals surface area contributed by atoms with Crippen molar-refractivity contribution in [2.24, 2.45) is 0 Å². The standard InChI is InChI=1S/C34H36ClN3O4S/c1-24-10-18-31(19-11-24)43(41,42)38(30-17-12-25(2)26(3)20-30)23-33(39)37(22-28-13-15-29(35)16-14-28)32(34(40)36-4)21-27-8-6-5-7-9-27/h5-20,32H,21-23H2,1-4H3,(H,36,40)/t32-/m0/s1. The van der Waals surface area contributed by atoms with Crippen molar-refractivity contribution in [1.82, 2.24) is 10.2 Å². The molecule has 0 saturated heterocycles. The van der Waals surface area contributed by atoms with Crippen LogP contribution in [0.1, 0.15) is 27.8 Å². The number of likely N-dealkylation sites (N-methyl/N-ethyl adjacent to an activating group) is 1. The molecule has 0 bridgehead atoms. The molecule has 7 nitrogen and oxygen atoms in total. The van der Waals surface area contributed by atoms with Gasteiger partial charge in [-0.05, 0) is 79.4 Å². The zero-order chi connectivity index (χ0) is 31.1. The average molecular weight is 618 g/mol. The van der Waals surface area contributed by atoms with Crippen LogP contribution in [0.3, 0.4) is 0 Å². The van der Waals surface area contributed by atoms with Gasteiger partial charge in [-0.3, -0.25) is 13.9 Å². The van der Waals surface area contributed by atoms with Crippen LogP contribution in [0.2, 0.25) is 5.02 Å². The molecule has 0 heterocycles. The molecule has 0 aromatic heterocycles. The molecule has 4 rings (SSSR count). The molecular formula is C34H36ClN3O4S. The van der Waals surface area contributed by atoms with Gasteiger partial charge >= 0.3 is 0 Å². The Balaban J connectivity index is 1.80. The molecular weight excluding hydrogens is 582 g/mol. The van der Waals surface area contributed by atoms with E-state index in [1.165, 1.54) is 24.1 Å². The molecule has 2 amide bonds. The van der Waals surface area contributed by atoms with Gasteiger partial charge in [0.05, 0.1) is 10.6 Å². The van der Waals surface area contributed by atoms with E-state index in [1.807, 2.05) is 57.2 Å². The Kier molecular flexibility index (Phi) is 10.3. The molecule has 0 aliphatic heterocycles. The van der Waals surface area contributed by atoms with Crippen molar-refractivity contribution in [3.05, 3.63) is 130 Å². The highest BCUT2D eigenvalue weighted by atomic mass is 35.5. The number of hydrogen-bond acceptors (Lipinski definition) is 4. The molecule has 0 spiro atoms. The van der Waals surface area contributed by atoms with Crippen LogP contribution in [0.15, 0.2) is 102 Å². The van der Waals surface area contributed by atoms with Crippen LogP contribution >= 0.6 is 11.6 Å². The second kappa shape index (κ2) is 13.9. The number of carbonyl (C=O) groups is 2. The number of hydrogen-bond donors (Lipinski definition) is 1. The molecule has 0 fully saturated rings. The first kappa shape index (κ1) is 31.8. The lowest BCUT2D eigenvalue weighted by molar-refractivity contribution is -0.139. The number of nitrogens with zero attached hydrogens (tertiary/aromatic N) is 2. The maximum Gasteiger partial charge on any atom is 0.264 e. The van der Waals surface area contributed by atoms with Crippen molar-refractivity contribution in [2.45, 2.75) is 44.7 Å². The highest BCUT2D eigenvalue weighted by Gasteiger charge is 2.34. The second-order valence-corrected chi connectivity index (χ2v) is 12.9. The highest BCUT2D eigenvalue weighted by Crippen LogP contribution is 2.27. The number of benzene rings is 4. The summed E-state index contributed by atoms with van der Waals surface area (Å²) in [4.78, 5) is 29.2. The molecule has 0 unspecified atom stereocenters. The first-order valence-corrected chi connectivity index (χ1v) is 15.8. The number of halogens is 1. The van der Waals surface area contributed by atoms with Crippen LogP contribution in [-0.4, -0.2) is 44.8 Å². The van der Waals surface area contributed by atoms with Gasteiger partial charge < -0.3 is 10.2 Å². The Morgan fingerprint density at radius 1 is 0.814 bits per heavy atom. The first-order valence-electron chi connectivity index (χ1n) is 14.0. The fraction of sp³-hybridized carbons (Fsp3) is 0.235. The average Bonchev–Trinajstić information content (AvgIpc) is 3.00. The van der Waals surface area contributed by atoms with Crippen molar-refractivity contribution >= 4 is 39.1 Å². The molecule has 43 heavy (non-hydrogen) atoms. The minimum atomic E-state index is -4.15. The number of amides is 2. The monoisotopic (exact) mass is 617 g/mol. The molecule has 0 saturated carbocycles. The maximum absolute atomic E-state index is 14.3. The summed E-state index contributed by atoms with van der Waals surface area (Å²) >= 11 is 6.11. The predicted molar refractivity (Wildman–Crippen MR) is 172 cm³/mol. The Bertz CT molecular complexity index is 1680. The fourth-order valence-electron chi connectivity index (χ4n) is 4.75. The molecule has 4 aromatic rings. The number of anilines is 1. The third kappa shape index (κ3) is 7.83. The Hall–Kier alpha value is -4.14. The van der Waals surface area contributed by atoms with E-state index in [0.717, 1.165) is 32.1 Å². The van der Waals surface area contributed by atoms with Gasteiger partial charge in [-0.25, -0.2) is 8.42 Å². The van der Waals surface area contributed by atoms with Crippen LogP contribution in [-0.2, 0) is 32.6 Å². The summed E-state index contributed by atoms with van der Waals surface area (Å²) in [6, 6.07) is 27.3. The van der Waals surface area contributed by atoms with Crippen molar-refractivity contribution in [3.8, 4) is 0 Å². The largest absolute Gasteiger partial charge is 0.357 e. The van der Waals surface area contributed by atoms with Crippen molar-refractivity contribution < 1.29 is 18.0 Å². The van der Waals surface area contributed by atoms with E-state index in [9.17, 15) is 18.0 Å². The fourth-order valence-corrected chi connectivity index (χ4v) is 6.29. The van der Waals surface area contributed by atoms with Crippen LogP contribution in [0.25, 0.3) is 0 Å². The molecule has 0 aliphatic rings. The van der Waals surface area contributed by atoms with E-state index in [4.69, 9.17) is 11.6 Å². The molecule has 1 atom stereocenters. The first-order chi connectivity index (χ1) is 20.5. The van der Waals surface area contributed by atoms with Crippen molar-refractivity contribution in [1.29, 1.82) is 0 Å². The van der Waals surface area contributed by atoms with Gasteiger partial charge in [0, 0.05) is 25.0 Å². The smallest absolute Gasteiger partial charge is 0.264 e. The summed E-state index contributed by atoms with van der Waals surface area (Å²) in [5, 5.41) is 3.23. The lowest BCUT2D eigenvalue weighted by Crippen LogP contribution is -2.53. The van der Waals surface area contributed by atoms with Crippen LogP contribution in [0.5, 0.6) is 0 Å². The predicted octanol–water partition coefficient (Wildman–Crippen LogP) is 5.85. The highest BCUT2D eigenvalue weighted by molar-refractivity contribution is 7.92. The lowest BCUT2D eigenvalue weighted by Gasteiger charge is -2.33. The Morgan fingerprint density at radius 2 is 1.47 bits per heavy atom. The minimum absolute atomic E-state index is 0.0699. The summed E-state index contributed by atoms with van der Waals surface area (Å²) in [5.41, 5.74) is 4.77. The van der Waals surface area contributed by atoms with Gasteiger partial charge in [0.2, 0.25) is 11.8 Å². The minimum Gasteiger partial charge on any atom is -0.357 e. The molecule has 0 aliphatic carbocycles. The van der Waals surface area contributed by atoms with Crippen molar-refractivity contribution in [3.63, 3.8) is 0 Å². The number of sulfonamides is 1. The summed E-state index contributed by atoms with van der Waals surface area (Å²) in [6.45, 7) is 5.28. The maximum atomic E-state index is 14.3. The number of carbonyl (C=O) groups excluding carboxylic acids is 2. The summed E-state index contributed by atoms with van der Waals surface area (Å²) < 4.78 is 29.3. The van der Waals surface area contributed by atoms with E-state index in [0.29, 0.717) is 10.7 Å². The van der Waals surface area contributed by atoms with Gasteiger partial charge in [-0.15, -0.1) is 0 Å². The van der Waals surface area contributed by atoms with Gasteiger partial charge in [-0.1, -0.05) is 77.8 Å². The summed E-state index contributed by atoms with van der Waals surface area (Å²) in [7, 11) is -2.63. The third-order valence-electron chi connectivity index (χ3n) is 7.45. The van der Waals surface area contributed by atoms with E-state index in [1.54, 1.807) is 48.5 Å². The molecule has 4 aromatic carbocycles. The normalized spacial score (nSPS) is 11.9. The number of rotatable bonds is 11. The van der Waals surface area contributed by atoms with Crippen LogP contribution in [0, 0.1) is 20.8 Å². The molecule has 224 valence electrons. The second-order valence-electron chi connectivity index (χ2n) is 10.6. The molecule has 9 heteroatoms. The van der Waals surface area contributed by atoms with E-state index in [-0.39, 0.29) is 23.8 Å². The SMILES string of the molecule is CNC(=O)[C@H](Cc1ccccc1)N(Cc1ccc(Cl)cc1)C(=O)CN(c1ccc(C)c(C)c1)S(=O)(=O)c1ccc(C)cc1. The van der Waals surface area contributed by atoms with Gasteiger partial charge in [0.15, 0.2) is 0 Å². The quantitative estimate of drug-likeness (QED) is 0.229. The van der Waals surface area contributed by atoms with Gasteiger partial charge in [0.25, 0.3) is 10.0 Å². The van der Waals surface area contributed by atoms with E-state index >= 15 is 0 Å². The number of nitrogens with one attached hydrogen (secondary N) is 1. The zero-order valence-electron chi connectivity index (χ0n) is 24.7. The molecule has 0 radical (unpaired) electrons. The van der Waals surface area contributed by atoms with Crippen LogP contribution < -0.4 is 9.62 Å². The summed E-state index contributed by atoms with van der Waals surface area (Å²) in [6.07, 6.45) is 0.244. The Labute approximate surface area is 259 Å². The number of aryl methyl sites for hydroxylation is 3.